The molecule has 1 fully saturated rings. The maximum absolute atomic E-state index is 13.6. The topological polar surface area (TPSA) is 99.8 Å². The van der Waals surface area contributed by atoms with E-state index in [1.807, 2.05) is 24.3 Å². The van der Waals surface area contributed by atoms with Gasteiger partial charge in [-0.15, -0.1) is 0 Å². The van der Waals surface area contributed by atoms with Crippen molar-refractivity contribution in [3.05, 3.63) is 54.1 Å². The van der Waals surface area contributed by atoms with Gasteiger partial charge in [-0.05, 0) is 57.9 Å². The minimum absolute atomic E-state index is 0.0436. The number of benzene rings is 2. The van der Waals surface area contributed by atoms with Crippen LogP contribution in [0.25, 0.3) is 0 Å². The fourth-order valence-corrected chi connectivity index (χ4v) is 4.25. The second-order valence-electron chi connectivity index (χ2n) is 8.96. The first-order valence-electron chi connectivity index (χ1n) is 11.3. The van der Waals surface area contributed by atoms with E-state index in [-0.39, 0.29) is 23.8 Å². The summed E-state index contributed by atoms with van der Waals surface area (Å²) in [5.41, 5.74) is 1.17. The molecule has 174 valence electrons. The van der Waals surface area contributed by atoms with Crippen LogP contribution < -0.4 is 20.9 Å². The Bertz CT molecular complexity index is 1060. The van der Waals surface area contributed by atoms with Crippen LogP contribution in [0, 0.1) is 0 Å². The molecule has 1 saturated heterocycles. The smallest absolute Gasteiger partial charge is 0.253 e. The SMILES string of the molecule is CC(Nc1ccccc1C(=O)NCC1CCCO1)C(=O)N1c2ccccc2NC(=O)C1(C)C. The zero-order chi connectivity index (χ0) is 23.6. The zero-order valence-corrected chi connectivity index (χ0v) is 19.2. The van der Waals surface area contributed by atoms with Gasteiger partial charge in [-0.2, -0.15) is 0 Å². The van der Waals surface area contributed by atoms with Crippen molar-refractivity contribution in [2.45, 2.75) is 51.3 Å². The van der Waals surface area contributed by atoms with Crippen LogP contribution in [0.2, 0.25) is 0 Å². The van der Waals surface area contributed by atoms with Crippen molar-refractivity contribution >= 4 is 34.8 Å². The van der Waals surface area contributed by atoms with Gasteiger partial charge in [0.2, 0.25) is 11.8 Å². The quantitative estimate of drug-likeness (QED) is 0.628. The Labute approximate surface area is 193 Å². The Balaban J connectivity index is 1.53. The molecule has 2 heterocycles. The molecule has 4 rings (SSSR count). The fourth-order valence-electron chi connectivity index (χ4n) is 4.25. The summed E-state index contributed by atoms with van der Waals surface area (Å²) in [4.78, 5) is 40.6. The molecule has 3 amide bonds. The number of ether oxygens (including phenoxy) is 1. The number of hydrogen-bond donors (Lipinski definition) is 3. The molecule has 2 aliphatic heterocycles. The minimum atomic E-state index is -1.07. The van der Waals surface area contributed by atoms with Gasteiger partial charge in [0.05, 0.1) is 23.0 Å². The molecule has 8 nitrogen and oxygen atoms in total. The lowest BCUT2D eigenvalue weighted by molar-refractivity contribution is -0.126. The molecule has 2 unspecified atom stereocenters. The predicted molar refractivity (Wildman–Crippen MR) is 127 cm³/mol. The number of hydrogen-bond acceptors (Lipinski definition) is 5. The van der Waals surface area contributed by atoms with Gasteiger partial charge < -0.3 is 20.7 Å². The van der Waals surface area contributed by atoms with E-state index in [0.29, 0.717) is 29.2 Å². The van der Waals surface area contributed by atoms with Gasteiger partial charge in [0, 0.05) is 18.8 Å². The van der Waals surface area contributed by atoms with E-state index in [1.54, 1.807) is 45.0 Å². The van der Waals surface area contributed by atoms with Crippen molar-refractivity contribution < 1.29 is 19.1 Å². The molecule has 0 bridgehead atoms. The number of para-hydroxylation sites is 3. The third-order valence-corrected chi connectivity index (χ3v) is 6.16. The lowest BCUT2D eigenvalue weighted by Gasteiger charge is -2.43. The third kappa shape index (κ3) is 4.57. The van der Waals surface area contributed by atoms with Gasteiger partial charge in [-0.25, -0.2) is 0 Å². The van der Waals surface area contributed by atoms with Crippen molar-refractivity contribution in [3.8, 4) is 0 Å². The second kappa shape index (κ2) is 9.23. The summed E-state index contributed by atoms with van der Waals surface area (Å²) in [6.07, 6.45) is 1.99. The molecule has 2 aliphatic rings. The van der Waals surface area contributed by atoms with E-state index in [9.17, 15) is 14.4 Å². The standard InChI is InChI=1S/C25H30N4O4/c1-16(23(31)29-21-13-7-6-12-20(21)28-24(32)25(29,2)3)27-19-11-5-4-10-18(19)22(30)26-15-17-9-8-14-33-17/h4-7,10-13,16-17,27H,8-9,14-15H2,1-3H3,(H,26,30)(H,28,32). The Morgan fingerprint density at radius 1 is 1.18 bits per heavy atom. The summed E-state index contributed by atoms with van der Waals surface area (Å²) < 4.78 is 5.58. The largest absolute Gasteiger partial charge is 0.376 e. The maximum Gasteiger partial charge on any atom is 0.253 e. The molecule has 0 saturated carbocycles. The van der Waals surface area contributed by atoms with Crippen LogP contribution in [0.3, 0.4) is 0 Å². The second-order valence-corrected chi connectivity index (χ2v) is 8.96. The van der Waals surface area contributed by atoms with E-state index in [2.05, 4.69) is 16.0 Å². The molecular weight excluding hydrogens is 420 g/mol. The maximum atomic E-state index is 13.6. The Kier molecular flexibility index (Phi) is 6.37. The van der Waals surface area contributed by atoms with E-state index in [4.69, 9.17) is 4.74 Å². The molecule has 8 heteroatoms. The van der Waals surface area contributed by atoms with Crippen LogP contribution >= 0.6 is 0 Å². The average Bonchev–Trinajstić information content (AvgIpc) is 3.32. The van der Waals surface area contributed by atoms with Crippen LogP contribution in [-0.4, -0.2) is 48.6 Å². The van der Waals surface area contributed by atoms with Crippen molar-refractivity contribution in [1.82, 2.24) is 5.32 Å². The number of carbonyl (C=O) groups is 3. The normalized spacial score (nSPS) is 19.9. The number of fused-ring (bicyclic) bond motifs is 1. The van der Waals surface area contributed by atoms with Gasteiger partial charge in [-0.1, -0.05) is 24.3 Å². The van der Waals surface area contributed by atoms with Gasteiger partial charge in [0.15, 0.2) is 0 Å². The van der Waals surface area contributed by atoms with E-state index in [0.717, 1.165) is 19.4 Å². The Morgan fingerprint density at radius 3 is 2.67 bits per heavy atom. The molecule has 0 aliphatic carbocycles. The minimum Gasteiger partial charge on any atom is -0.376 e. The molecule has 0 radical (unpaired) electrons. The third-order valence-electron chi connectivity index (χ3n) is 6.16. The molecule has 0 aromatic heterocycles. The Morgan fingerprint density at radius 2 is 1.91 bits per heavy atom. The van der Waals surface area contributed by atoms with Crippen molar-refractivity contribution in [3.63, 3.8) is 0 Å². The number of nitrogens with zero attached hydrogens (tertiary/aromatic N) is 1. The highest BCUT2D eigenvalue weighted by molar-refractivity contribution is 6.15. The molecule has 0 spiro atoms. The van der Waals surface area contributed by atoms with Crippen molar-refractivity contribution in [2.24, 2.45) is 0 Å². The van der Waals surface area contributed by atoms with Crippen LogP contribution in [0.1, 0.15) is 44.0 Å². The van der Waals surface area contributed by atoms with Gasteiger partial charge >= 0.3 is 0 Å². The van der Waals surface area contributed by atoms with Gasteiger partial charge in [-0.3, -0.25) is 19.3 Å². The fraction of sp³-hybridized carbons (Fsp3) is 0.400. The number of nitrogens with one attached hydrogen (secondary N) is 3. The van der Waals surface area contributed by atoms with Crippen LogP contribution in [-0.2, 0) is 14.3 Å². The number of amides is 3. The van der Waals surface area contributed by atoms with Gasteiger partial charge in [0.25, 0.3) is 5.91 Å². The van der Waals surface area contributed by atoms with E-state index < -0.39 is 11.6 Å². The average molecular weight is 451 g/mol. The van der Waals surface area contributed by atoms with Crippen LogP contribution in [0.5, 0.6) is 0 Å². The van der Waals surface area contributed by atoms with Crippen LogP contribution in [0.15, 0.2) is 48.5 Å². The summed E-state index contributed by atoms with van der Waals surface area (Å²) in [6, 6.07) is 13.6. The van der Waals surface area contributed by atoms with Crippen molar-refractivity contribution in [2.75, 3.05) is 28.7 Å². The zero-order valence-electron chi connectivity index (χ0n) is 19.2. The number of carbonyl (C=O) groups excluding carboxylic acids is 3. The highest BCUT2D eigenvalue weighted by atomic mass is 16.5. The lowest BCUT2D eigenvalue weighted by Crippen LogP contribution is -2.61. The predicted octanol–water partition coefficient (Wildman–Crippen LogP) is 3.16. The number of anilines is 3. The summed E-state index contributed by atoms with van der Waals surface area (Å²) in [5, 5.41) is 8.98. The highest BCUT2D eigenvalue weighted by Gasteiger charge is 2.44. The first-order valence-corrected chi connectivity index (χ1v) is 11.3. The summed E-state index contributed by atoms with van der Waals surface area (Å²) in [6.45, 7) is 6.35. The molecule has 2 aromatic rings. The molecule has 2 aromatic carbocycles. The first-order chi connectivity index (χ1) is 15.8. The Hall–Kier alpha value is -3.39. The highest BCUT2D eigenvalue weighted by Crippen LogP contribution is 2.37. The van der Waals surface area contributed by atoms with Crippen molar-refractivity contribution in [1.29, 1.82) is 0 Å². The molecular formula is C25H30N4O4. The molecule has 2 atom stereocenters. The van der Waals surface area contributed by atoms with E-state index in [1.165, 1.54) is 4.90 Å². The number of rotatable bonds is 6. The van der Waals surface area contributed by atoms with E-state index >= 15 is 0 Å². The van der Waals surface area contributed by atoms with Crippen LogP contribution in [0.4, 0.5) is 17.1 Å². The first kappa shape index (κ1) is 22.8. The van der Waals surface area contributed by atoms with Gasteiger partial charge in [0.1, 0.15) is 11.6 Å². The lowest BCUT2D eigenvalue weighted by atomic mass is 9.95. The molecule has 33 heavy (non-hydrogen) atoms. The monoisotopic (exact) mass is 450 g/mol. The molecule has 3 N–H and O–H groups in total. The summed E-state index contributed by atoms with van der Waals surface area (Å²) >= 11 is 0. The summed E-state index contributed by atoms with van der Waals surface area (Å²) in [5.74, 6) is -0.746. The summed E-state index contributed by atoms with van der Waals surface area (Å²) in [7, 11) is 0.